The van der Waals surface area contributed by atoms with Crippen LogP contribution in [0.5, 0.6) is 5.75 Å². The van der Waals surface area contributed by atoms with Gasteiger partial charge in [-0.3, -0.25) is 0 Å². The van der Waals surface area contributed by atoms with Crippen LogP contribution in [0.2, 0.25) is 0 Å². The van der Waals surface area contributed by atoms with Crippen molar-refractivity contribution >= 4 is 11.9 Å². The average Bonchev–Trinajstić information content (AvgIpc) is 3.26. The summed E-state index contributed by atoms with van der Waals surface area (Å²) in [5.41, 5.74) is 2.55. The zero-order valence-corrected chi connectivity index (χ0v) is 22.3. The number of carboxylic acids is 2. The lowest BCUT2D eigenvalue weighted by Gasteiger charge is -2.32. The standard InChI is InChI=1S/C23H34O4.C6H10O5/c1-2-3-4-7-19(24)12-11-16-9-10-18-14-21-17(13-20(16)18)6-5-8-22(21)27-15-23(25)26;7-3-1-4(6(9)10)11-5(8)2-3/h5-6,8,16,18-20,24H,2-4,7,9-15H2,1H3,(H,25,26);3-5,7-8H,1-2H2,(H,9,10). The van der Waals surface area contributed by atoms with Crippen LogP contribution in [0, 0.1) is 17.8 Å². The molecule has 1 aromatic rings. The molecule has 1 saturated heterocycles. The third-order valence-electron chi connectivity index (χ3n) is 8.19. The van der Waals surface area contributed by atoms with E-state index in [4.69, 9.17) is 25.2 Å². The predicted molar refractivity (Wildman–Crippen MR) is 140 cm³/mol. The first kappa shape index (κ1) is 30.3. The molecule has 7 atom stereocenters. The number of rotatable bonds is 11. The lowest BCUT2D eigenvalue weighted by atomic mass is 9.73. The Balaban J connectivity index is 0.000000304. The molecule has 0 aromatic heterocycles. The van der Waals surface area contributed by atoms with Crippen LogP contribution in [0.3, 0.4) is 0 Å². The maximum Gasteiger partial charge on any atom is 0.341 e. The van der Waals surface area contributed by atoms with Crippen molar-refractivity contribution in [1.29, 1.82) is 0 Å². The smallest absolute Gasteiger partial charge is 0.341 e. The molecule has 38 heavy (non-hydrogen) atoms. The van der Waals surface area contributed by atoms with Gasteiger partial charge in [-0.05, 0) is 79.9 Å². The van der Waals surface area contributed by atoms with E-state index in [-0.39, 0.29) is 25.6 Å². The monoisotopic (exact) mass is 536 g/mol. The number of fused-ring (bicyclic) bond motifs is 2. The third-order valence-corrected chi connectivity index (χ3v) is 8.19. The molecule has 0 amide bonds. The number of aliphatic hydroxyl groups is 3. The number of carboxylic acid groups (broad SMARTS) is 2. The Morgan fingerprint density at radius 3 is 2.55 bits per heavy atom. The molecule has 214 valence electrons. The fourth-order valence-electron chi connectivity index (χ4n) is 6.23. The Morgan fingerprint density at radius 2 is 1.87 bits per heavy atom. The highest BCUT2D eigenvalue weighted by Gasteiger charge is 2.40. The largest absolute Gasteiger partial charge is 0.482 e. The highest BCUT2D eigenvalue weighted by molar-refractivity contribution is 5.72. The van der Waals surface area contributed by atoms with E-state index in [1.165, 1.54) is 36.8 Å². The molecule has 2 aliphatic carbocycles. The summed E-state index contributed by atoms with van der Waals surface area (Å²) in [7, 11) is 0. The molecule has 2 fully saturated rings. The van der Waals surface area contributed by atoms with Crippen molar-refractivity contribution in [3.63, 3.8) is 0 Å². The predicted octanol–water partition coefficient (Wildman–Crippen LogP) is 3.54. The summed E-state index contributed by atoms with van der Waals surface area (Å²) >= 11 is 0. The van der Waals surface area contributed by atoms with Crippen molar-refractivity contribution in [3.8, 4) is 5.75 Å². The first-order chi connectivity index (χ1) is 18.2. The molecule has 1 aromatic carbocycles. The van der Waals surface area contributed by atoms with Gasteiger partial charge in [0.1, 0.15) is 5.75 Å². The van der Waals surface area contributed by atoms with Gasteiger partial charge in [0.25, 0.3) is 0 Å². The molecular formula is C29H44O9. The molecule has 9 nitrogen and oxygen atoms in total. The van der Waals surface area contributed by atoms with Gasteiger partial charge in [-0.2, -0.15) is 0 Å². The van der Waals surface area contributed by atoms with Gasteiger partial charge in [0.15, 0.2) is 19.0 Å². The van der Waals surface area contributed by atoms with E-state index in [0.717, 1.165) is 44.3 Å². The van der Waals surface area contributed by atoms with Crippen LogP contribution in [0.4, 0.5) is 0 Å². The van der Waals surface area contributed by atoms with Crippen molar-refractivity contribution in [2.75, 3.05) is 6.61 Å². The number of aliphatic carboxylic acids is 2. The van der Waals surface area contributed by atoms with Crippen molar-refractivity contribution in [2.45, 2.75) is 109 Å². The van der Waals surface area contributed by atoms with Crippen LogP contribution in [0.15, 0.2) is 18.2 Å². The zero-order chi connectivity index (χ0) is 27.7. The van der Waals surface area contributed by atoms with Crippen LogP contribution >= 0.6 is 0 Å². The van der Waals surface area contributed by atoms with Crippen molar-refractivity contribution in [3.05, 3.63) is 29.3 Å². The molecular weight excluding hydrogens is 492 g/mol. The Kier molecular flexibility index (Phi) is 11.8. The van der Waals surface area contributed by atoms with Gasteiger partial charge in [-0.15, -0.1) is 0 Å². The molecule has 4 rings (SSSR count). The fourth-order valence-corrected chi connectivity index (χ4v) is 6.23. The quantitative estimate of drug-likeness (QED) is 0.267. The van der Waals surface area contributed by atoms with Crippen LogP contribution in [-0.4, -0.2) is 68.7 Å². The normalized spacial score (nSPS) is 28.8. The molecule has 0 spiro atoms. The third kappa shape index (κ3) is 8.93. The van der Waals surface area contributed by atoms with Gasteiger partial charge in [-0.25, -0.2) is 9.59 Å². The van der Waals surface area contributed by atoms with Crippen LogP contribution in [-0.2, 0) is 27.2 Å². The molecule has 0 radical (unpaired) electrons. The van der Waals surface area contributed by atoms with E-state index in [2.05, 4.69) is 17.7 Å². The Bertz CT molecular complexity index is 894. The minimum absolute atomic E-state index is 0.0480. The van der Waals surface area contributed by atoms with Gasteiger partial charge < -0.3 is 35.0 Å². The second-order valence-corrected chi connectivity index (χ2v) is 11.0. The molecule has 5 N–H and O–H groups in total. The molecule has 1 heterocycles. The number of aliphatic hydroxyl groups excluding tert-OH is 3. The van der Waals surface area contributed by atoms with Crippen LogP contribution in [0.1, 0.15) is 82.3 Å². The minimum atomic E-state index is -1.15. The number of carbonyl (C=O) groups is 2. The molecule has 1 saturated carbocycles. The van der Waals surface area contributed by atoms with E-state index < -0.39 is 30.4 Å². The number of hydrogen-bond donors (Lipinski definition) is 5. The van der Waals surface area contributed by atoms with Gasteiger partial charge >= 0.3 is 11.9 Å². The Labute approximate surface area is 224 Å². The second-order valence-electron chi connectivity index (χ2n) is 11.0. The lowest BCUT2D eigenvalue weighted by Crippen LogP contribution is -2.39. The van der Waals surface area contributed by atoms with E-state index in [9.17, 15) is 14.7 Å². The van der Waals surface area contributed by atoms with Gasteiger partial charge in [0.05, 0.1) is 12.2 Å². The second kappa shape index (κ2) is 14.8. The first-order valence-corrected chi connectivity index (χ1v) is 14.1. The average molecular weight is 537 g/mol. The topological polar surface area (TPSA) is 154 Å². The SMILES string of the molecule is CCCCCC(O)CCC1CCC2Cc3c(cccc3OCC(=O)O)CC12.O=C(O)C1CC(O)CC(O)O1. The zero-order valence-electron chi connectivity index (χ0n) is 22.3. The molecule has 3 aliphatic rings. The summed E-state index contributed by atoms with van der Waals surface area (Å²) < 4.78 is 10.1. The minimum Gasteiger partial charge on any atom is -0.482 e. The molecule has 7 unspecified atom stereocenters. The highest BCUT2D eigenvalue weighted by atomic mass is 16.6. The summed E-state index contributed by atoms with van der Waals surface area (Å²) in [6.45, 7) is 1.92. The van der Waals surface area contributed by atoms with Crippen molar-refractivity contribution in [2.24, 2.45) is 17.8 Å². The summed E-state index contributed by atoms with van der Waals surface area (Å²) in [4.78, 5) is 21.1. The number of hydrogen-bond acceptors (Lipinski definition) is 7. The van der Waals surface area contributed by atoms with Crippen LogP contribution in [0.25, 0.3) is 0 Å². The van der Waals surface area contributed by atoms with Gasteiger partial charge in [0, 0.05) is 12.8 Å². The lowest BCUT2D eigenvalue weighted by molar-refractivity contribution is -0.203. The van der Waals surface area contributed by atoms with E-state index in [1.54, 1.807) is 0 Å². The Morgan fingerprint density at radius 1 is 1.08 bits per heavy atom. The maximum absolute atomic E-state index is 10.8. The molecule has 0 bridgehead atoms. The molecule has 9 heteroatoms. The van der Waals surface area contributed by atoms with Gasteiger partial charge in [0.2, 0.25) is 0 Å². The van der Waals surface area contributed by atoms with Crippen LogP contribution < -0.4 is 4.74 Å². The van der Waals surface area contributed by atoms with E-state index >= 15 is 0 Å². The van der Waals surface area contributed by atoms with Gasteiger partial charge in [-0.1, -0.05) is 38.3 Å². The summed E-state index contributed by atoms with van der Waals surface area (Å²) in [6.07, 6.45) is 8.15. The fraction of sp³-hybridized carbons (Fsp3) is 0.724. The number of unbranched alkanes of at least 4 members (excludes halogenated alkanes) is 2. The number of ether oxygens (including phenoxy) is 2. The summed E-state index contributed by atoms with van der Waals surface area (Å²) in [5.74, 6) is 0.766. The Hall–Kier alpha value is -2.20. The van der Waals surface area contributed by atoms with E-state index in [0.29, 0.717) is 17.8 Å². The highest BCUT2D eigenvalue weighted by Crippen LogP contribution is 2.48. The number of benzene rings is 1. The summed E-state index contributed by atoms with van der Waals surface area (Å²) in [6, 6.07) is 6.06. The van der Waals surface area contributed by atoms with Crippen molar-refractivity contribution < 1.29 is 44.6 Å². The maximum atomic E-state index is 10.8. The molecule has 1 aliphatic heterocycles. The van der Waals surface area contributed by atoms with Crippen molar-refractivity contribution in [1.82, 2.24) is 0 Å². The summed E-state index contributed by atoms with van der Waals surface area (Å²) in [5, 5.41) is 45.4. The van der Waals surface area contributed by atoms with E-state index in [1.807, 2.05) is 12.1 Å². The first-order valence-electron chi connectivity index (χ1n) is 14.1.